The Labute approximate surface area is 161 Å². The number of rotatable bonds is 3. The Morgan fingerprint density at radius 2 is 1.89 bits per heavy atom. The van der Waals surface area contributed by atoms with Gasteiger partial charge in [0, 0.05) is 23.5 Å². The van der Waals surface area contributed by atoms with Crippen LogP contribution in [0, 0.1) is 0 Å². The maximum Gasteiger partial charge on any atom is 0.335 e. The molecule has 1 aromatic heterocycles. The van der Waals surface area contributed by atoms with E-state index in [9.17, 15) is 14.4 Å². The fraction of sp³-hybridized carbons (Fsp3) is 0.250. The lowest BCUT2D eigenvalue weighted by Crippen LogP contribution is -2.54. The first kappa shape index (κ1) is 17.5. The zero-order valence-electron chi connectivity index (χ0n) is 14.5. The molecule has 2 heterocycles. The maximum atomic E-state index is 12.9. The van der Waals surface area contributed by atoms with Gasteiger partial charge in [-0.15, -0.1) is 0 Å². The molecule has 0 bridgehead atoms. The van der Waals surface area contributed by atoms with Crippen LogP contribution in [0.25, 0.3) is 6.08 Å². The fourth-order valence-corrected chi connectivity index (χ4v) is 3.80. The number of amides is 4. The van der Waals surface area contributed by atoms with Gasteiger partial charge in [-0.25, -0.2) is 9.69 Å². The van der Waals surface area contributed by atoms with Crippen molar-refractivity contribution in [3.63, 3.8) is 0 Å². The van der Waals surface area contributed by atoms with Crippen LogP contribution in [-0.2, 0) is 9.59 Å². The Hall–Kier alpha value is -2.86. The minimum absolute atomic E-state index is 0.0845. The first-order chi connectivity index (χ1) is 13.0. The van der Waals surface area contributed by atoms with E-state index in [0.29, 0.717) is 16.8 Å². The molecule has 1 aliphatic heterocycles. The average Bonchev–Trinajstić information content (AvgIpc) is 3.30. The number of urea groups is 1. The lowest BCUT2D eigenvalue weighted by atomic mass is 10.1. The van der Waals surface area contributed by atoms with Gasteiger partial charge in [0.1, 0.15) is 5.57 Å². The highest BCUT2D eigenvalue weighted by Gasteiger charge is 2.36. The Morgan fingerprint density at radius 1 is 1.11 bits per heavy atom. The van der Waals surface area contributed by atoms with E-state index in [-0.39, 0.29) is 5.57 Å². The lowest BCUT2D eigenvalue weighted by molar-refractivity contribution is -0.122. The smallest absolute Gasteiger partial charge is 0.335 e. The van der Waals surface area contributed by atoms with Crippen molar-refractivity contribution in [2.75, 3.05) is 4.90 Å². The number of carbonyl (C=O) groups is 3. The number of nitrogens with one attached hydrogen (secondary N) is 1. The molecule has 1 N–H and O–H groups in total. The normalized spacial score (nSPS) is 19.8. The topological polar surface area (TPSA) is 71.4 Å². The molecule has 0 atom stereocenters. The van der Waals surface area contributed by atoms with E-state index >= 15 is 0 Å². The molecule has 0 radical (unpaired) electrons. The third kappa shape index (κ3) is 3.40. The van der Waals surface area contributed by atoms with E-state index in [2.05, 4.69) is 9.88 Å². The van der Waals surface area contributed by atoms with Crippen molar-refractivity contribution in [2.45, 2.75) is 31.7 Å². The molecule has 4 amide bonds. The number of carbonyl (C=O) groups excluding carboxylic acids is 3. The van der Waals surface area contributed by atoms with E-state index in [4.69, 9.17) is 11.6 Å². The van der Waals surface area contributed by atoms with Gasteiger partial charge in [-0.2, -0.15) is 0 Å². The molecule has 2 fully saturated rings. The van der Waals surface area contributed by atoms with Crippen LogP contribution in [0.3, 0.4) is 0 Å². The standard InChI is InChI=1S/C20H18ClN3O3/c21-14-4-3-7-16(11-14)24-19(26)17(18(25)22-20(24)27)10-13-8-9-23(12-13)15-5-1-2-6-15/h3-4,7-12,15H,1-2,5-6H2,(H,22,25,27)/b17-10-. The van der Waals surface area contributed by atoms with E-state index in [1.54, 1.807) is 18.2 Å². The van der Waals surface area contributed by atoms with Crippen molar-refractivity contribution in [3.8, 4) is 0 Å². The van der Waals surface area contributed by atoms with Gasteiger partial charge in [0.05, 0.1) is 5.69 Å². The SMILES string of the molecule is O=C1NC(=O)N(c2cccc(Cl)c2)C(=O)/C1=C\c1ccn(C2CCCC2)c1. The van der Waals surface area contributed by atoms with Gasteiger partial charge in [-0.05, 0) is 48.7 Å². The minimum Gasteiger partial charge on any atom is -0.351 e. The number of barbiturate groups is 1. The second-order valence-corrected chi connectivity index (χ2v) is 7.20. The largest absolute Gasteiger partial charge is 0.351 e. The molecule has 0 spiro atoms. The van der Waals surface area contributed by atoms with E-state index < -0.39 is 17.8 Å². The number of halogens is 1. The molecule has 138 valence electrons. The molecule has 6 nitrogen and oxygen atoms in total. The van der Waals surface area contributed by atoms with Gasteiger partial charge in [0.25, 0.3) is 11.8 Å². The Kier molecular flexibility index (Phi) is 4.58. The van der Waals surface area contributed by atoms with Gasteiger partial charge in [-0.1, -0.05) is 30.5 Å². The predicted molar refractivity (Wildman–Crippen MR) is 102 cm³/mol. The number of hydrogen-bond acceptors (Lipinski definition) is 3. The number of imide groups is 2. The van der Waals surface area contributed by atoms with Gasteiger partial charge in [-0.3, -0.25) is 14.9 Å². The molecule has 1 aromatic carbocycles. The second kappa shape index (κ2) is 7.04. The van der Waals surface area contributed by atoms with Crippen LogP contribution in [0.5, 0.6) is 0 Å². The number of hydrogen-bond donors (Lipinski definition) is 1. The molecule has 2 aromatic rings. The summed E-state index contributed by atoms with van der Waals surface area (Å²) in [5, 5.41) is 2.61. The number of anilines is 1. The highest BCUT2D eigenvalue weighted by molar-refractivity contribution is 6.39. The Morgan fingerprint density at radius 3 is 2.63 bits per heavy atom. The van der Waals surface area contributed by atoms with Gasteiger partial charge >= 0.3 is 6.03 Å². The van der Waals surface area contributed by atoms with Crippen molar-refractivity contribution >= 4 is 41.2 Å². The molecule has 0 unspecified atom stereocenters. The average molecular weight is 384 g/mol. The van der Waals surface area contributed by atoms with Crippen LogP contribution in [0.4, 0.5) is 10.5 Å². The van der Waals surface area contributed by atoms with Crippen molar-refractivity contribution in [1.29, 1.82) is 0 Å². The van der Waals surface area contributed by atoms with Crippen molar-refractivity contribution in [1.82, 2.24) is 9.88 Å². The highest BCUT2D eigenvalue weighted by Crippen LogP contribution is 2.30. The summed E-state index contributed by atoms with van der Waals surface area (Å²) in [6.07, 6.45) is 10.1. The van der Waals surface area contributed by atoms with E-state index in [1.807, 2.05) is 18.5 Å². The molecule has 27 heavy (non-hydrogen) atoms. The zero-order chi connectivity index (χ0) is 19.0. The summed E-state index contributed by atoms with van der Waals surface area (Å²) in [5.74, 6) is -1.36. The molecule has 1 saturated carbocycles. The van der Waals surface area contributed by atoms with Crippen LogP contribution in [0.1, 0.15) is 37.3 Å². The van der Waals surface area contributed by atoms with Gasteiger partial charge < -0.3 is 4.57 Å². The summed E-state index contributed by atoms with van der Waals surface area (Å²) in [6, 6.07) is 7.93. The summed E-state index contributed by atoms with van der Waals surface area (Å²) in [4.78, 5) is 38.2. The number of benzene rings is 1. The predicted octanol–water partition coefficient (Wildman–Crippen LogP) is 3.92. The molecule has 4 rings (SSSR count). The summed E-state index contributed by atoms with van der Waals surface area (Å²) in [6.45, 7) is 0. The first-order valence-electron chi connectivity index (χ1n) is 8.87. The quantitative estimate of drug-likeness (QED) is 0.645. The summed E-state index contributed by atoms with van der Waals surface area (Å²) in [7, 11) is 0. The minimum atomic E-state index is -0.784. The molecule has 1 aliphatic carbocycles. The Bertz CT molecular complexity index is 957. The maximum absolute atomic E-state index is 12.9. The first-order valence-corrected chi connectivity index (χ1v) is 9.25. The lowest BCUT2D eigenvalue weighted by Gasteiger charge is -2.26. The Balaban J connectivity index is 1.65. The van der Waals surface area contributed by atoms with E-state index in [1.165, 1.54) is 25.0 Å². The summed E-state index contributed by atoms with van der Waals surface area (Å²) < 4.78 is 2.13. The van der Waals surface area contributed by atoms with E-state index in [0.717, 1.165) is 23.3 Å². The van der Waals surface area contributed by atoms with Gasteiger partial charge in [0.2, 0.25) is 0 Å². The second-order valence-electron chi connectivity index (χ2n) is 6.77. The highest BCUT2D eigenvalue weighted by atomic mass is 35.5. The fourth-order valence-electron chi connectivity index (χ4n) is 3.62. The van der Waals surface area contributed by atoms with Crippen molar-refractivity contribution in [2.24, 2.45) is 0 Å². The number of aromatic nitrogens is 1. The molecular formula is C20H18ClN3O3. The molecule has 7 heteroatoms. The summed E-state index contributed by atoms with van der Waals surface area (Å²) >= 11 is 5.97. The van der Waals surface area contributed by atoms with Crippen LogP contribution in [0.15, 0.2) is 48.3 Å². The monoisotopic (exact) mass is 383 g/mol. The summed E-state index contributed by atoms with van der Waals surface area (Å²) in [5.41, 5.74) is 0.978. The molecule has 1 saturated heterocycles. The van der Waals surface area contributed by atoms with Crippen LogP contribution >= 0.6 is 11.6 Å². The van der Waals surface area contributed by atoms with Crippen LogP contribution < -0.4 is 10.2 Å². The van der Waals surface area contributed by atoms with Crippen molar-refractivity contribution < 1.29 is 14.4 Å². The molecular weight excluding hydrogens is 366 g/mol. The van der Waals surface area contributed by atoms with Crippen molar-refractivity contribution in [3.05, 3.63) is 58.9 Å². The third-order valence-corrected chi connectivity index (χ3v) is 5.20. The third-order valence-electron chi connectivity index (χ3n) is 4.96. The molecule has 2 aliphatic rings. The zero-order valence-corrected chi connectivity index (χ0v) is 15.3. The van der Waals surface area contributed by atoms with Crippen LogP contribution in [0.2, 0.25) is 5.02 Å². The van der Waals surface area contributed by atoms with Gasteiger partial charge in [0.15, 0.2) is 0 Å². The number of nitrogens with zero attached hydrogens (tertiary/aromatic N) is 2. The van der Waals surface area contributed by atoms with Crippen LogP contribution in [-0.4, -0.2) is 22.4 Å².